The molecule has 2 aromatic carbocycles. The number of benzene rings is 2. The highest BCUT2D eigenvalue weighted by atomic mass is 32.2. The third kappa shape index (κ3) is 10.9. The van der Waals surface area contributed by atoms with Crippen LogP contribution in [-0.2, 0) is 29.0 Å². The van der Waals surface area contributed by atoms with Gasteiger partial charge in [0.15, 0.2) is 0 Å². The van der Waals surface area contributed by atoms with Gasteiger partial charge in [-0.05, 0) is 61.4 Å². The molecule has 1 amide bonds. The van der Waals surface area contributed by atoms with E-state index < -0.39 is 28.0 Å². The van der Waals surface area contributed by atoms with Crippen LogP contribution in [0.1, 0.15) is 74.6 Å². The standard InChI is InChI=1S/C33H38F3N3O6S3/c1-21-13-11-16-24(39-27(40)17-9-7-5-3-4-6-8-10-18-28(41)45-32(42)33(34,35)36)29(21)22-14-12-15-23(19-22)48(43,44)26-20-25(30(37)38)47-31(26)46-2/h11-16,19-20H,3-10,17-18H2,1-2H3,(H3,37,38)(H,39,40). The van der Waals surface area contributed by atoms with Crippen LogP contribution < -0.4 is 11.1 Å². The number of thiophene rings is 1. The Bertz CT molecular complexity index is 1740. The van der Waals surface area contributed by atoms with Crippen LogP contribution in [0, 0.1) is 12.3 Å². The Labute approximate surface area is 286 Å². The van der Waals surface area contributed by atoms with E-state index in [4.69, 9.17) is 11.1 Å². The van der Waals surface area contributed by atoms with Gasteiger partial charge >= 0.3 is 18.1 Å². The number of sulfone groups is 1. The molecular formula is C33H38F3N3O6S3. The van der Waals surface area contributed by atoms with Crippen LogP contribution in [0.15, 0.2) is 62.5 Å². The Morgan fingerprint density at radius 2 is 1.54 bits per heavy atom. The quantitative estimate of drug-likeness (QED) is 0.0315. The van der Waals surface area contributed by atoms with E-state index in [1.54, 1.807) is 30.5 Å². The lowest BCUT2D eigenvalue weighted by molar-refractivity contribution is -0.201. The van der Waals surface area contributed by atoms with E-state index in [9.17, 15) is 36.0 Å². The van der Waals surface area contributed by atoms with Crippen LogP contribution >= 0.6 is 23.1 Å². The molecule has 0 unspecified atom stereocenters. The van der Waals surface area contributed by atoms with Gasteiger partial charge in [-0.25, -0.2) is 13.2 Å². The van der Waals surface area contributed by atoms with Crippen LogP contribution in [0.25, 0.3) is 11.1 Å². The highest BCUT2D eigenvalue weighted by Gasteiger charge is 2.42. The Balaban J connectivity index is 1.50. The fraction of sp³-hybridized carbons (Fsp3) is 0.394. The molecule has 9 nitrogen and oxygen atoms in total. The van der Waals surface area contributed by atoms with Crippen LogP contribution in [0.2, 0.25) is 0 Å². The van der Waals surface area contributed by atoms with Crippen LogP contribution in [0.4, 0.5) is 18.9 Å². The maximum atomic E-state index is 13.7. The van der Waals surface area contributed by atoms with Gasteiger partial charge in [-0.1, -0.05) is 62.8 Å². The predicted octanol–water partition coefficient (Wildman–Crippen LogP) is 8.03. The first kappa shape index (κ1) is 38.8. The van der Waals surface area contributed by atoms with Gasteiger partial charge in [0.2, 0.25) is 15.7 Å². The molecule has 3 rings (SSSR count). The molecule has 0 aliphatic carbocycles. The Morgan fingerprint density at radius 1 is 0.938 bits per heavy atom. The number of hydrogen-bond acceptors (Lipinski definition) is 9. The van der Waals surface area contributed by atoms with Gasteiger partial charge in [0.05, 0.1) is 18.9 Å². The summed E-state index contributed by atoms with van der Waals surface area (Å²) in [6.07, 6.45) is 2.53. The monoisotopic (exact) mass is 725 g/mol. The summed E-state index contributed by atoms with van der Waals surface area (Å²) in [6.45, 7) is 1.89. The Kier molecular flexibility index (Phi) is 14.2. The van der Waals surface area contributed by atoms with Gasteiger partial charge < -0.3 is 15.8 Å². The zero-order chi connectivity index (χ0) is 35.5. The SMILES string of the molecule is CSc1sc(C(=N)N)cc1S(=O)(=O)c1cccc(-c2c(C)cccc2NC(=O)CCCCCCCCCCC(=O)OC(=O)C(F)(F)F)c1. The number of esters is 2. The van der Waals surface area contributed by atoms with E-state index in [0.29, 0.717) is 51.6 Å². The number of carbonyl (C=O) groups excluding carboxylic acids is 3. The minimum atomic E-state index is -5.19. The molecule has 0 saturated heterocycles. The van der Waals surface area contributed by atoms with Gasteiger partial charge in [-0.2, -0.15) is 13.2 Å². The van der Waals surface area contributed by atoms with Gasteiger partial charge in [0.1, 0.15) is 5.84 Å². The number of anilines is 1. The molecule has 1 aromatic heterocycles. The largest absolute Gasteiger partial charge is 0.491 e. The number of carbonyl (C=O) groups is 3. The van der Waals surface area contributed by atoms with Crippen molar-refractivity contribution in [3.63, 3.8) is 0 Å². The number of halogens is 3. The molecule has 0 aliphatic rings. The van der Waals surface area contributed by atoms with E-state index in [2.05, 4.69) is 10.1 Å². The summed E-state index contributed by atoms with van der Waals surface area (Å²) < 4.78 is 68.0. The van der Waals surface area contributed by atoms with E-state index in [0.717, 1.165) is 49.0 Å². The number of amides is 1. The summed E-state index contributed by atoms with van der Waals surface area (Å²) >= 11 is 2.43. The van der Waals surface area contributed by atoms with E-state index in [1.807, 2.05) is 19.1 Å². The third-order valence-corrected chi connectivity index (χ3v) is 11.7. The average molecular weight is 726 g/mol. The average Bonchev–Trinajstić information content (AvgIpc) is 3.48. The van der Waals surface area contributed by atoms with Crippen molar-refractivity contribution in [2.45, 2.75) is 91.3 Å². The summed E-state index contributed by atoms with van der Waals surface area (Å²) in [5, 5.41) is 10.7. The second-order valence-electron chi connectivity index (χ2n) is 11.0. The van der Waals surface area contributed by atoms with Crippen LogP contribution in [0.3, 0.4) is 0 Å². The van der Waals surface area contributed by atoms with E-state index >= 15 is 0 Å². The molecule has 0 radical (unpaired) electrons. The molecule has 260 valence electrons. The van der Waals surface area contributed by atoms with Gasteiger partial charge in [0.25, 0.3) is 0 Å². The topological polar surface area (TPSA) is 156 Å². The zero-order valence-electron chi connectivity index (χ0n) is 26.6. The highest BCUT2D eigenvalue weighted by molar-refractivity contribution is 8.01. The molecule has 0 aliphatic heterocycles. The molecule has 0 saturated carbocycles. The Hall–Kier alpha value is -3.69. The number of unbranched alkanes of at least 4 members (excludes halogenated alkanes) is 7. The fourth-order valence-electron chi connectivity index (χ4n) is 4.96. The summed E-state index contributed by atoms with van der Waals surface area (Å²) in [4.78, 5) is 35.4. The van der Waals surface area contributed by atoms with Crippen molar-refractivity contribution in [2.24, 2.45) is 5.73 Å². The lowest BCUT2D eigenvalue weighted by atomic mass is 9.98. The number of nitrogen functional groups attached to an aromatic ring is 1. The first-order valence-corrected chi connectivity index (χ1v) is 18.8. The normalized spacial score (nSPS) is 11.7. The fourth-order valence-corrected chi connectivity index (χ4v) is 8.86. The minimum absolute atomic E-state index is 0.0867. The molecular weight excluding hydrogens is 688 g/mol. The number of thioether (sulfide) groups is 1. The number of alkyl halides is 3. The first-order chi connectivity index (χ1) is 22.6. The predicted molar refractivity (Wildman–Crippen MR) is 181 cm³/mol. The molecule has 0 bridgehead atoms. The highest BCUT2D eigenvalue weighted by Crippen LogP contribution is 2.39. The second kappa shape index (κ2) is 17.6. The summed E-state index contributed by atoms with van der Waals surface area (Å²) in [7, 11) is -3.93. The smallest absolute Gasteiger partial charge is 0.386 e. The second-order valence-corrected chi connectivity index (χ2v) is 15.1. The maximum Gasteiger partial charge on any atom is 0.491 e. The summed E-state index contributed by atoms with van der Waals surface area (Å²) in [5.41, 5.74) is 8.38. The molecule has 0 fully saturated rings. The molecule has 1 heterocycles. The van der Waals surface area contributed by atoms with Crippen molar-refractivity contribution in [1.82, 2.24) is 0 Å². The number of nitrogens with one attached hydrogen (secondary N) is 2. The van der Waals surface area contributed by atoms with Crippen molar-refractivity contribution in [2.75, 3.05) is 11.6 Å². The Morgan fingerprint density at radius 3 is 2.15 bits per heavy atom. The van der Waals surface area contributed by atoms with Gasteiger partial charge in [0, 0.05) is 24.1 Å². The van der Waals surface area contributed by atoms with Crippen molar-refractivity contribution in [3.05, 3.63) is 59.0 Å². The van der Waals surface area contributed by atoms with Crippen molar-refractivity contribution >= 4 is 62.3 Å². The van der Waals surface area contributed by atoms with Crippen molar-refractivity contribution < 1.29 is 40.7 Å². The number of hydrogen-bond donors (Lipinski definition) is 3. The van der Waals surface area contributed by atoms with Crippen LogP contribution in [0.5, 0.6) is 0 Å². The minimum Gasteiger partial charge on any atom is -0.386 e. The van der Waals surface area contributed by atoms with E-state index in [-0.39, 0.29) is 28.0 Å². The van der Waals surface area contributed by atoms with E-state index in [1.165, 1.54) is 23.9 Å². The molecule has 3 aromatic rings. The summed E-state index contributed by atoms with van der Waals surface area (Å²) in [5.74, 6) is -4.04. The number of rotatable bonds is 17. The number of ether oxygens (including phenoxy) is 1. The van der Waals surface area contributed by atoms with Gasteiger partial charge in [-0.3, -0.25) is 15.0 Å². The summed E-state index contributed by atoms with van der Waals surface area (Å²) in [6, 6.07) is 13.5. The lowest BCUT2D eigenvalue weighted by Gasteiger charge is -2.15. The molecule has 15 heteroatoms. The number of amidine groups is 1. The number of aryl methyl sites for hydroxylation is 1. The lowest BCUT2D eigenvalue weighted by Crippen LogP contribution is -2.27. The first-order valence-electron chi connectivity index (χ1n) is 15.2. The third-order valence-electron chi connectivity index (χ3n) is 7.36. The molecule has 0 spiro atoms. The van der Waals surface area contributed by atoms with Gasteiger partial charge in [-0.15, -0.1) is 23.1 Å². The van der Waals surface area contributed by atoms with Crippen molar-refractivity contribution in [1.29, 1.82) is 5.41 Å². The maximum absolute atomic E-state index is 13.7. The van der Waals surface area contributed by atoms with Crippen LogP contribution in [-0.4, -0.2) is 44.5 Å². The number of nitrogens with two attached hydrogens (primary N) is 1. The zero-order valence-corrected chi connectivity index (χ0v) is 29.0. The van der Waals surface area contributed by atoms with Crippen molar-refractivity contribution in [3.8, 4) is 11.1 Å². The molecule has 4 N–H and O–H groups in total. The molecule has 48 heavy (non-hydrogen) atoms. The molecule has 0 atom stereocenters.